The highest BCUT2D eigenvalue weighted by atomic mass is 31.2. The molecule has 0 N–H and O–H groups in total. The molecule has 0 spiro atoms. The molecule has 0 aliphatic rings. The van der Waals surface area contributed by atoms with Crippen LogP contribution in [0.15, 0.2) is 54.6 Å². The van der Waals surface area contributed by atoms with Gasteiger partial charge >= 0.3 is 6.18 Å². The van der Waals surface area contributed by atoms with Crippen LogP contribution in [0.5, 0.6) is 0 Å². The van der Waals surface area contributed by atoms with Gasteiger partial charge < -0.3 is 14.0 Å². The number of hydrogen-bond acceptors (Lipinski definition) is 3. The van der Waals surface area contributed by atoms with Crippen molar-refractivity contribution in [3.63, 3.8) is 0 Å². The minimum atomic E-state index is -4.97. The van der Waals surface area contributed by atoms with E-state index in [1.165, 1.54) is 18.2 Å². The average molecular weight is 333 g/mol. The maximum absolute atomic E-state index is 13.1. The molecule has 2 aromatic rings. The van der Waals surface area contributed by atoms with Crippen molar-refractivity contribution in [3.05, 3.63) is 66.0 Å². The second-order valence-electron chi connectivity index (χ2n) is 4.41. The lowest BCUT2D eigenvalue weighted by molar-refractivity contribution is -0.237. The van der Waals surface area contributed by atoms with E-state index < -0.39 is 31.3 Å². The van der Waals surface area contributed by atoms with Crippen LogP contribution in [-0.2, 0) is 9.09 Å². The third kappa shape index (κ3) is 3.94. The van der Waals surface area contributed by atoms with Crippen LogP contribution in [0.25, 0.3) is 0 Å². The van der Waals surface area contributed by atoms with Gasteiger partial charge in [-0.2, -0.15) is 13.2 Å². The summed E-state index contributed by atoms with van der Waals surface area (Å²) in [6.07, 6.45) is -7.66. The van der Waals surface area contributed by atoms with E-state index in [2.05, 4.69) is 4.52 Å². The van der Waals surface area contributed by atoms with Crippen LogP contribution >= 0.6 is 7.60 Å². The molecule has 0 heterocycles. The highest BCUT2D eigenvalue weighted by Gasteiger charge is 2.44. The zero-order valence-corrected chi connectivity index (χ0v) is 11.9. The smallest absolute Gasteiger partial charge is 0.419 e. The number of alkyl halides is 3. The number of rotatable bonds is 4. The topological polar surface area (TPSA) is 49.4 Å². The summed E-state index contributed by atoms with van der Waals surface area (Å²) >= 11 is 0. The molecule has 0 amide bonds. The van der Waals surface area contributed by atoms with Gasteiger partial charge in [-0.1, -0.05) is 42.5 Å². The van der Waals surface area contributed by atoms with Crippen molar-refractivity contribution in [3.8, 4) is 0 Å². The minimum Gasteiger partial charge on any atom is -0.775 e. The molecule has 0 bridgehead atoms. The molecule has 0 saturated heterocycles. The highest BCUT2D eigenvalue weighted by molar-refractivity contribution is 7.59. The fourth-order valence-electron chi connectivity index (χ4n) is 1.76. The molecular formula is C14H10F4O3P-. The Morgan fingerprint density at radius 2 is 1.55 bits per heavy atom. The number of benzene rings is 2. The Morgan fingerprint density at radius 3 is 2.05 bits per heavy atom. The predicted molar refractivity (Wildman–Crippen MR) is 70.0 cm³/mol. The molecule has 0 aliphatic carbocycles. The summed E-state index contributed by atoms with van der Waals surface area (Å²) in [6.45, 7) is 0. The Morgan fingerprint density at radius 1 is 1.00 bits per heavy atom. The van der Waals surface area contributed by atoms with Crippen molar-refractivity contribution in [1.29, 1.82) is 0 Å². The first-order valence-corrected chi connectivity index (χ1v) is 7.62. The van der Waals surface area contributed by atoms with E-state index >= 15 is 0 Å². The van der Waals surface area contributed by atoms with Crippen molar-refractivity contribution >= 4 is 12.9 Å². The second kappa shape index (κ2) is 6.20. The van der Waals surface area contributed by atoms with Gasteiger partial charge in [0.2, 0.25) is 0 Å². The molecule has 118 valence electrons. The van der Waals surface area contributed by atoms with Crippen LogP contribution < -0.4 is 10.2 Å². The van der Waals surface area contributed by atoms with E-state index in [1.807, 2.05) is 0 Å². The zero-order chi connectivity index (χ0) is 16.4. The van der Waals surface area contributed by atoms with E-state index in [1.54, 1.807) is 0 Å². The third-order valence-electron chi connectivity index (χ3n) is 2.79. The lowest BCUT2D eigenvalue weighted by Crippen LogP contribution is -2.28. The Hall–Kier alpha value is -1.69. The van der Waals surface area contributed by atoms with Gasteiger partial charge in [-0.3, -0.25) is 0 Å². The summed E-state index contributed by atoms with van der Waals surface area (Å²) < 4.78 is 68.4. The first-order valence-electron chi connectivity index (χ1n) is 6.07. The maximum atomic E-state index is 13.1. The molecule has 0 radical (unpaired) electrons. The Balaban J connectivity index is 2.36. The van der Waals surface area contributed by atoms with Gasteiger partial charge in [-0.05, 0) is 17.7 Å². The highest BCUT2D eigenvalue weighted by Crippen LogP contribution is 2.47. The summed E-state index contributed by atoms with van der Waals surface area (Å²) in [5.74, 6) is -0.738. The van der Waals surface area contributed by atoms with E-state index in [4.69, 9.17) is 0 Å². The van der Waals surface area contributed by atoms with Gasteiger partial charge in [0.25, 0.3) is 0 Å². The molecule has 0 saturated carbocycles. The van der Waals surface area contributed by atoms with E-state index in [0.29, 0.717) is 0 Å². The van der Waals surface area contributed by atoms with Crippen molar-refractivity contribution in [2.75, 3.05) is 0 Å². The van der Waals surface area contributed by atoms with E-state index in [-0.39, 0.29) is 5.30 Å². The van der Waals surface area contributed by atoms with Crippen molar-refractivity contribution in [1.82, 2.24) is 0 Å². The minimum absolute atomic E-state index is 0.369. The molecule has 8 heteroatoms. The Kier molecular flexibility index (Phi) is 4.70. The van der Waals surface area contributed by atoms with E-state index in [9.17, 15) is 27.0 Å². The van der Waals surface area contributed by atoms with Crippen molar-refractivity contribution in [2.24, 2.45) is 0 Å². The molecular weight excluding hydrogens is 323 g/mol. The summed E-state index contributed by atoms with van der Waals surface area (Å²) in [7, 11) is -4.94. The first-order chi connectivity index (χ1) is 10.2. The van der Waals surface area contributed by atoms with Crippen molar-refractivity contribution < 1.29 is 31.5 Å². The maximum Gasteiger partial charge on any atom is 0.419 e. The van der Waals surface area contributed by atoms with Gasteiger partial charge in [0.15, 0.2) is 13.7 Å². The fourth-order valence-corrected chi connectivity index (χ4v) is 2.94. The van der Waals surface area contributed by atoms with Crippen LogP contribution in [-0.4, -0.2) is 6.18 Å². The SMILES string of the molecule is O=P([O-])(O[C@@H](c1ccc(F)cc1)C(F)(F)F)c1ccccc1. The van der Waals surface area contributed by atoms with E-state index in [0.717, 1.165) is 36.4 Å². The van der Waals surface area contributed by atoms with Gasteiger partial charge in [0.1, 0.15) is 5.82 Å². The molecule has 22 heavy (non-hydrogen) atoms. The summed E-state index contributed by atoms with van der Waals surface area (Å²) in [6, 6.07) is 9.78. The summed E-state index contributed by atoms with van der Waals surface area (Å²) in [5, 5.41) is -0.369. The van der Waals surface area contributed by atoms with Crippen LogP contribution in [0.2, 0.25) is 0 Å². The van der Waals surface area contributed by atoms with Gasteiger partial charge in [-0.15, -0.1) is 0 Å². The zero-order valence-electron chi connectivity index (χ0n) is 11.0. The number of hydrogen-bond donors (Lipinski definition) is 0. The number of halogens is 4. The molecule has 3 nitrogen and oxygen atoms in total. The van der Waals surface area contributed by atoms with Crippen LogP contribution in [0.3, 0.4) is 0 Å². The van der Waals surface area contributed by atoms with Gasteiger partial charge in [0, 0.05) is 5.30 Å². The fraction of sp³-hybridized carbons (Fsp3) is 0.143. The Labute approximate surface area is 123 Å². The monoisotopic (exact) mass is 333 g/mol. The molecule has 2 rings (SSSR count). The lowest BCUT2D eigenvalue weighted by atomic mass is 10.1. The first kappa shape index (κ1) is 16.7. The quantitative estimate of drug-likeness (QED) is 0.637. The van der Waals surface area contributed by atoms with Gasteiger partial charge in [-0.25, -0.2) is 4.39 Å². The van der Waals surface area contributed by atoms with Crippen LogP contribution in [0, 0.1) is 5.82 Å². The Bertz CT molecular complexity index is 671. The van der Waals surface area contributed by atoms with Crippen LogP contribution in [0.4, 0.5) is 17.6 Å². The predicted octanol–water partition coefficient (Wildman–Crippen LogP) is 3.32. The van der Waals surface area contributed by atoms with Crippen LogP contribution in [0.1, 0.15) is 11.7 Å². The molecule has 2 atom stereocenters. The van der Waals surface area contributed by atoms with Crippen molar-refractivity contribution in [2.45, 2.75) is 12.3 Å². The van der Waals surface area contributed by atoms with Gasteiger partial charge in [0.05, 0.1) is 0 Å². The average Bonchev–Trinajstić information content (AvgIpc) is 2.46. The molecule has 0 aliphatic heterocycles. The summed E-state index contributed by atoms with van der Waals surface area (Å²) in [4.78, 5) is 12.0. The largest absolute Gasteiger partial charge is 0.775 e. The third-order valence-corrected chi connectivity index (χ3v) is 4.21. The molecule has 0 fully saturated rings. The molecule has 1 unspecified atom stereocenters. The summed E-state index contributed by atoms with van der Waals surface area (Å²) in [5.41, 5.74) is -0.499. The standard InChI is InChI=1S/C14H11F4O3P/c15-11-8-6-10(7-9-11)13(14(16,17)18)21-22(19,20)12-4-2-1-3-5-12/h1-9,13H,(H,19,20)/p-1/t13-/m0/s1. The second-order valence-corrected chi connectivity index (χ2v) is 6.13. The lowest BCUT2D eigenvalue weighted by Gasteiger charge is -2.30. The normalized spacial score (nSPS) is 16.0. The molecule has 2 aromatic carbocycles. The molecule has 0 aromatic heterocycles.